The minimum atomic E-state index is -0.603. The van der Waals surface area contributed by atoms with E-state index in [2.05, 4.69) is 10.3 Å². The summed E-state index contributed by atoms with van der Waals surface area (Å²) in [5.41, 5.74) is 1.89. The summed E-state index contributed by atoms with van der Waals surface area (Å²) in [5.74, 6) is -0.381. The number of halogens is 1. The number of nitrogens with one attached hydrogen (secondary N) is 1. The van der Waals surface area contributed by atoms with Gasteiger partial charge in [0.1, 0.15) is 5.52 Å². The van der Waals surface area contributed by atoms with Crippen molar-refractivity contribution in [2.24, 2.45) is 0 Å². The van der Waals surface area contributed by atoms with Crippen molar-refractivity contribution in [3.8, 4) is 11.5 Å². The first-order valence-electron chi connectivity index (χ1n) is 7.86. The van der Waals surface area contributed by atoms with Crippen LogP contribution in [0.2, 0.25) is 0 Å². The summed E-state index contributed by atoms with van der Waals surface area (Å²) in [7, 11) is 0. The molecule has 2 heterocycles. The number of anilines is 1. The zero-order valence-electron chi connectivity index (χ0n) is 13.2. The van der Waals surface area contributed by atoms with Gasteiger partial charge in [-0.2, -0.15) is 0 Å². The lowest BCUT2D eigenvalue weighted by Gasteiger charge is -2.22. The Balaban J connectivity index is 1.51. The molecule has 1 N–H and O–H groups in total. The Morgan fingerprint density at radius 2 is 2.00 bits per heavy atom. The maximum Gasteiger partial charge on any atom is 0.255 e. The summed E-state index contributed by atoms with van der Waals surface area (Å²) < 4.78 is 29.8. The molecule has 1 aromatic heterocycles. The van der Waals surface area contributed by atoms with E-state index in [0.717, 1.165) is 0 Å². The average molecular weight is 342 g/mol. The number of amides is 1. The number of para-hydroxylation sites is 1. The summed E-state index contributed by atoms with van der Waals surface area (Å²) in [6.45, 7) is 1.16. The maximum atomic E-state index is 13.7. The van der Waals surface area contributed by atoms with E-state index in [1.165, 1.54) is 6.07 Å². The first-order chi connectivity index (χ1) is 12.2. The molecule has 6 nitrogen and oxygen atoms in total. The van der Waals surface area contributed by atoms with Gasteiger partial charge in [-0.3, -0.25) is 4.79 Å². The van der Waals surface area contributed by atoms with Crippen molar-refractivity contribution in [2.45, 2.75) is 6.10 Å². The minimum Gasteiger partial charge on any atom is -0.433 e. The number of ether oxygens (including phenoxy) is 2. The molecule has 0 saturated carbocycles. The van der Waals surface area contributed by atoms with Crippen molar-refractivity contribution < 1.29 is 23.1 Å². The highest BCUT2D eigenvalue weighted by Gasteiger charge is 2.22. The van der Waals surface area contributed by atoms with Crippen molar-refractivity contribution in [1.82, 2.24) is 4.98 Å². The molecule has 2 aromatic carbocycles. The Bertz CT molecular complexity index is 901. The van der Waals surface area contributed by atoms with Crippen LogP contribution in [0.1, 0.15) is 0 Å². The Labute approximate surface area is 142 Å². The van der Waals surface area contributed by atoms with E-state index in [-0.39, 0.29) is 18.1 Å². The molecular formula is C18H15FN2O4. The van der Waals surface area contributed by atoms with Crippen LogP contribution in [-0.4, -0.2) is 36.8 Å². The molecule has 0 bridgehead atoms. The summed E-state index contributed by atoms with van der Waals surface area (Å²) in [6, 6.07) is 11.5. The van der Waals surface area contributed by atoms with E-state index in [1.54, 1.807) is 36.4 Å². The monoisotopic (exact) mass is 342 g/mol. The van der Waals surface area contributed by atoms with Crippen molar-refractivity contribution in [1.29, 1.82) is 0 Å². The van der Waals surface area contributed by atoms with Crippen LogP contribution in [-0.2, 0) is 14.3 Å². The van der Waals surface area contributed by atoms with Gasteiger partial charge in [-0.25, -0.2) is 9.37 Å². The summed E-state index contributed by atoms with van der Waals surface area (Å²) >= 11 is 0. The van der Waals surface area contributed by atoms with Gasteiger partial charge >= 0.3 is 0 Å². The summed E-state index contributed by atoms with van der Waals surface area (Å²) in [5, 5.41) is 2.77. The highest BCUT2D eigenvalue weighted by Crippen LogP contribution is 2.26. The number of rotatable bonds is 3. The van der Waals surface area contributed by atoms with Crippen LogP contribution in [0.3, 0.4) is 0 Å². The molecule has 1 atom stereocenters. The van der Waals surface area contributed by atoms with Gasteiger partial charge < -0.3 is 19.2 Å². The highest BCUT2D eigenvalue weighted by molar-refractivity contribution is 5.94. The fraction of sp³-hybridized carbons (Fsp3) is 0.222. The number of nitrogens with zero attached hydrogens (tertiary/aromatic N) is 1. The predicted molar refractivity (Wildman–Crippen MR) is 88.6 cm³/mol. The Morgan fingerprint density at radius 3 is 2.72 bits per heavy atom. The van der Waals surface area contributed by atoms with Crippen molar-refractivity contribution in [3.05, 3.63) is 48.3 Å². The molecule has 128 valence electrons. The maximum absolute atomic E-state index is 13.7. The van der Waals surface area contributed by atoms with E-state index in [0.29, 0.717) is 35.9 Å². The fourth-order valence-corrected chi connectivity index (χ4v) is 2.60. The molecule has 0 radical (unpaired) electrons. The highest BCUT2D eigenvalue weighted by atomic mass is 19.1. The number of fused-ring (bicyclic) bond motifs is 1. The third-order valence-corrected chi connectivity index (χ3v) is 3.87. The van der Waals surface area contributed by atoms with E-state index in [1.807, 2.05) is 0 Å². The second-order valence-corrected chi connectivity index (χ2v) is 5.61. The lowest BCUT2D eigenvalue weighted by molar-refractivity contribution is -0.142. The minimum absolute atomic E-state index is 0.129. The third kappa shape index (κ3) is 3.24. The van der Waals surface area contributed by atoms with Gasteiger partial charge in [0.25, 0.3) is 5.91 Å². The normalized spacial score (nSPS) is 17.6. The molecule has 4 rings (SSSR count). The standard InChI is InChI=1S/C18H15FN2O4/c19-13-2-1-3-14-16(13)25-18(21-14)11-4-6-12(7-5-11)20-17(22)15-10-23-8-9-24-15/h1-7,15H,8-10H2,(H,20,22). The topological polar surface area (TPSA) is 73.6 Å². The van der Waals surface area contributed by atoms with E-state index < -0.39 is 11.9 Å². The molecule has 0 spiro atoms. The molecule has 7 heteroatoms. The fourth-order valence-electron chi connectivity index (χ4n) is 2.60. The molecular weight excluding hydrogens is 327 g/mol. The molecule has 1 saturated heterocycles. The van der Waals surface area contributed by atoms with Crippen LogP contribution in [0.5, 0.6) is 0 Å². The van der Waals surface area contributed by atoms with Crippen molar-refractivity contribution >= 4 is 22.7 Å². The number of oxazole rings is 1. The number of hydrogen-bond donors (Lipinski definition) is 1. The van der Waals surface area contributed by atoms with Gasteiger partial charge in [0.2, 0.25) is 5.89 Å². The quantitative estimate of drug-likeness (QED) is 0.792. The second kappa shape index (κ2) is 6.62. The lowest BCUT2D eigenvalue weighted by atomic mass is 10.2. The Hall–Kier alpha value is -2.77. The second-order valence-electron chi connectivity index (χ2n) is 5.61. The van der Waals surface area contributed by atoms with E-state index in [9.17, 15) is 9.18 Å². The van der Waals surface area contributed by atoms with Gasteiger partial charge in [0.05, 0.1) is 19.8 Å². The van der Waals surface area contributed by atoms with Crippen LogP contribution in [0.4, 0.5) is 10.1 Å². The van der Waals surface area contributed by atoms with Crippen molar-refractivity contribution in [3.63, 3.8) is 0 Å². The Morgan fingerprint density at radius 1 is 1.16 bits per heavy atom. The third-order valence-electron chi connectivity index (χ3n) is 3.87. The summed E-state index contributed by atoms with van der Waals surface area (Å²) in [6.07, 6.45) is -0.603. The van der Waals surface area contributed by atoms with Crippen LogP contribution >= 0.6 is 0 Å². The number of carbonyl (C=O) groups is 1. The molecule has 1 aliphatic rings. The van der Waals surface area contributed by atoms with Gasteiger partial charge in [0, 0.05) is 11.3 Å². The SMILES string of the molecule is O=C(Nc1ccc(-c2nc3cccc(F)c3o2)cc1)C1COCCO1. The van der Waals surface area contributed by atoms with Gasteiger partial charge in [-0.15, -0.1) is 0 Å². The summed E-state index contributed by atoms with van der Waals surface area (Å²) in [4.78, 5) is 16.4. The zero-order chi connectivity index (χ0) is 17.2. The number of aromatic nitrogens is 1. The predicted octanol–water partition coefficient (Wildman–Crippen LogP) is 2.99. The first kappa shape index (κ1) is 15.7. The van der Waals surface area contributed by atoms with Crippen LogP contribution in [0, 0.1) is 5.82 Å². The van der Waals surface area contributed by atoms with Gasteiger partial charge in [0.15, 0.2) is 17.5 Å². The molecule has 1 amide bonds. The number of hydrogen-bond acceptors (Lipinski definition) is 5. The Kier molecular flexibility index (Phi) is 4.17. The number of benzene rings is 2. The molecule has 25 heavy (non-hydrogen) atoms. The van der Waals surface area contributed by atoms with E-state index >= 15 is 0 Å². The van der Waals surface area contributed by atoms with Crippen LogP contribution in [0.15, 0.2) is 46.9 Å². The molecule has 3 aromatic rings. The molecule has 1 unspecified atom stereocenters. The first-order valence-corrected chi connectivity index (χ1v) is 7.86. The van der Waals surface area contributed by atoms with Gasteiger partial charge in [-0.05, 0) is 36.4 Å². The van der Waals surface area contributed by atoms with E-state index in [4.69, 9.17) is 13.9 Å². The average Bonchev–Trinajstić information content (AvgIpc) is 3.09. The lowest BCUT2D eigenvalue weighted by Crippen LogP contribution is -2.39. The zero-order valence-corrected chi connectivity index (χ0v) is 13.2. The molecule has 1 fully saturated rings. The molecule has 1 aliphatic heterocycles. The van der Waals surface area contributed by atoms with Gasteiger partial charge in [-0.1, -0.05) is 6.07 Å². The number of carbonyl (C=O) groups excluding carboxylic acids is 1. The van der Waals surface area contributed by atoms with Crippen LogP contribution in [0.25, 0.3) is 22.6 Å². The molecule has 0 aliphatic carbocycles. The smallest absolute Gasteiger partial charge is 0.255 e. The largest absolute Gasteiger partial charge is 0.433 e. The van der Waals surface area contributed by atoms with Crippen molar-refractivity contribution in [2.75, 3.05) is 25.1 Å². The van der Waals surface area contributed by atoms with Crippen LogP contribution < -0.4 is 5.32 Å².